The first-order valence-corrected chi connectivity index (χ1v) is 7.94. The van der Waals surface area contributed by atoms with E-state index >= 15 is 0 Å². The Kier molecular flexibility index (Phi) is 4.60. The monoisotopic (exact) mass is 288 g/mol. The van der Waals surface area contributed by atoms with Crippen LogP contribution in [0, 0.1) is 17.3 Å². The molecule has 0 bridgehead atoms. The number of carbonyl (C=O) groups excluding carboxylic acids is 1. The second-order valence-electron chi connectivity index (χ2n) is 7.52. The van der Waals surface area contributed by atoms with Crippen LogP contribution in [0.25, 0.3) is 0 Å². The van der Waals surface area contributed by atoms with Crippen molar-refractivity contribution in [3.63, 3.8) is 0 Å². The molecule has 0 spiro atoms. The third-order valence-electron chi connectivity index (χ3n) is 4.36. The van der Waals surface area contributed by atoms with Gasteiger partial charge in [-0.3, -0.25) is 4.79 Å². The number of amides is 1. The van der Waals surface area contributed by atoms with Crippen molar-refractivity contribution in [3.8, 4) is 0 Å². The molecule has 21 heavy (non-hydrogen) atoms. The summed E-state index contributed by atoms with van der Waals surface area (Å²) in [4.78, 5) is 11.7. The molecule has 2 N–H and O–H groups in total. The van der Waals surface area contributed by atoms with Crippen LogP contribution in [-0.2, 0) is 4.79 Å². The van der Waals surface area contributed by atoms with Gasteiger partial charge in [-0.15, -0.1) is 0 Å². The van der Waals surface area contributed by atoms with Gasteiger partial charge in [-0.25, -0.2) is 0 Å². The second kappa shape index (κ2) is 6.08. The third kappa shape index (κ3) is 4.23. The van der Waals surface area contributed by atoms with Crippen LogP contribution in [-0.4, -0.2) is 11.9 Å². The average molecular weight is 288 g/mol. The zero-order valence-electron chi connectivity index (χ0n) is 13.9. The SMILES string of the molecule is CC(C)C(=O)Nc1ccc(NC2CC(C)(C)CC2C)cc1. The fourth-order valence-electron chi connectivity index (χ4n) is 3.24. The van der Waals surface area contributed by atoms with Crippen molar-refractivity contribution in [2.75, 3.05) is 10.6 Å². The van der Waals surface area contributed by atoms with Gasteiger partial charge in [0.25, 0.3) is 0 Å². The first-order valence-electron chi connectivity index (χ1n) is 7.94. The summed E-state index contributed by atoms with van der Waals surface area (Å²) in [5, 5.41) is 6.55. The van der Waals surface area contributed by atoms with E-state index in [0.717, 1.165) is 11.4 Å². The maximum atomic E-state index is 11.7. The molecule has 0 aromatic heterocycles. The Hall–Kier alpha value is -1.51. The predicted molar refractivity (Wildman–Crippen MR) is 89.5 cm³/mol. The Labute approximate surface area is 128 Å². The van der Waals surface area contributed by atoms with Crippen molar-refractivity contribution in [3.05, 3.63) is 24.3 Å². The van der Waals surface area contributed by atoms with Gasteiger partial charge in [-0.1, -0.05) is 34.6 Å². The van der Waals surface area contributed by atoms with Crippen molar-refractivity contribution < 1.29 is 4.79 Å². The summed E-state index contributed by atoms with van der Waals surface area (Å²) in [6.45, 7) is 10.8. The Bertz CT molecular complexity index is 490. The van der Waals surface area contributed by atoms with Crippen LogP contribution in [0.3, 0.4) is 0 Å². The van der Waals surface area contributed by atoms with Gasteiger partial charge in [0.1, 0.15) is 0 Å². The fraction of sp³-hybridized carbons (Fsp3) is 0.611. The van der Waals surface area contributed by atoms with Crippen molar-refractivity contribution in [1.29, 1.82) is 0 Å². The highest BCUT2D eigenvalue weighted by Gasteiger charge is 2.36. The molecule has 1 aliphatic rings. The normalized spacial score (nSPS) is 24.1. The van der Waals surface area contributed by atoms with Crippen molar-refractivity contribution in [2.45, 2.75) is 53.5 Å². The molecule has 1 fully saturated rings. The van der Waals surface area contributed by atoms with Gasteiger partial charge in [-0.2, -0.15) is 0 Å². The molecule has 1 aliphatic carbocycles. The largest absolute Gasteiger partial charge is 0.382 e. The summed E-state index contributed by atoms with van der Waals surface area (Å²) in [5.41, 5.74) is 2.42. The maximum Gasteiger partial charge on any atom is 0.226 e. The highest BCUT2D eigenvalue weighted by molar-refractivity contribution is 5.92. The molecular formula is C18H28N2O. The standard InChI is InChI=1S/C18H28N2O/c1-12(2)17(21)20-15-8-6-14(7-9-15)19-16-11-18(4,5)10-13(16)3/h6-9,12-13,16,19H,10-11H2,1-5H3,(H,20,21). The Morgan fingerprint density at radius 2 is 1.71 bits per heavy atom. The maximum absolute atomic E-state index is 11.7. The van der Waals surface area contributed by atoms with E-state index in [2.05, 4.69) is 31.4 Å². The summed E-state index contributed by atoms with van der Waals surface area (Å²) < 4.78 is 0. The molecule has 3 nitrogen and oxygen atoms in total. The minimum absolute atomic E-state index is 0.00405. The lowest BCUT2D eigenvalue weighted by Crippen LogP contribution is -2.22. The lowest BCUT2D eigenvalue weighted by atomic mass is 9.91. The summed E-state index contributed by atoms with van der Waals surface area (Å²) in [6, 6.07) is 8.57. The van der Waals surface area contributed by atoms with Crippen LogP contribution in [0.1, 0.15) is 47.5 Å². The number of benzene rings is 1. The molecule has 0 heterocycles. The summed E-state index contributed by atoms with van der Waals surface area (Å²) >= 11 is 0. The van der Waals surface area contributed by atoms with Gasteiger partial charge in [-0.05, 0) is 48.4 Å². The zero-order valence-corrected chi connectivity index (χ0v) is 13.9. The van der Waals surface area contributed by atoms with E-state index in [9.17, 15) is 4.79 Å². The number of carbonyl (C=O) groups is 1. The van der Waals surface area contributed by atoms with E-state index in [1.165, 1.54) is 12.8 Å². The molecule has 1 aromatic carbocycles. The lowest BCUT2D eigenvalue weighted by molar-refractivity contribution is -0.118. The molecule has 0 aliphatic heterocycles. The van der Waals surface area contributed by atoms with Gasteiger partial charge in [0.2, 0.25) is 5.91 Å². The highest BCUT2D eigenvalue weighted by atomic mass is 16.1. The van der Waals surface area contributed by atoms with E-state index in [1.807, 2.05) is 38.1 Å². The second-order valence-corrected chi connectivity index (χ2v) is 7.52. The summed E-state index contributed by atoms with van der Waals surface area (Å²) in [7, 11) is 0. The van der Waals surface area contributed by atoms with Gasteiger partial charge < -0.3 is 10.6 Å². The first kappa shape index (κ1) is 15.9. The molecule has 1 aromatic rings. The molecule has 1 amide bonds. The fourth-order valence-corrected chi connectivity index (χ4v) is 3.24. The minimum atomic E-state index is 0.00405. The van der Waals surface area contributed by atoms with Crippen LogP contribution in [0.4, 0.5) is 11.4 Å². The third-order valence-corrected chi connectivity index (χ3v) is 4.36. The van der Waals surface area contributed by atoms with Crippen LogP contribution < -0.4 is 10.6 Å². The van der Waals surface area contributed by atoms with Crippen molar-refractivity contribution >= 4 is 17.3 Å². The minimum Gasteiger partial charge on any atom is -0.382 e. The van der Waals surface area contributed by atoms with E-state index < -0.39 is 0 Å². The van der Waals surface area contributed by atoms with Crippen LogP contribution >= 0.6 is 0 Å². The quantitative estimate of drug-likeness (QED) is 0.855. The topological polar surface area (TPSA) is 41.1 Å². The number of hydrogen-bond acceptors (Lipinski definition) is 2. The molecular weight excluding hydrogens is 260 g/mol. The Morgan fingerprint density at radius 1 is 1.14 bits per heavy atom. The Balaban J connectivity index is 1.95. The molecule has 3 heteroatoms. The van der Waals surface area contributed by atoms with E-state index in [1.54, 1.807) is 0 Å². The van der Waals surface area contributed by atoms with Gasteiger partial charge in [0, 0.05) is 23.3 Å². The molecule has 1 saturated carbocycles. The first-order chi connectivity index (χ1) is 9.77. The molecule has 0 saturated heterocycles. The predicted octanol–water partition coefficient (Wildman–Crippen LogP) is 4.52. The van der Waals surface area contributed by atoms with Gasteiger partial charge in [0.05, 0.1) is 0 Å². The highest BCUT2D eigenvalue weighted by Crippen LogP contribution is 2.42. The number of anilines is 2. The van der Waals surface area contributed by atoms with Crippen LogP contribution in [0.5, 0.6) is 0 Å². The Morgan fingerprint density at radius 3 is 2.19 bits per heavy atom. The number of nitrogens with one attached hydrogen (secondary N) is 2. The molecule has 116 valence electrons. The van der Waals surface area contributed by atoms with Crippen LogP contribution in [0.15, 0.2) is 24.3 Å². The number of rotatable bonds is 4. The smallest absolute Gasteiger partial charge is 0.226 e. The molecule has 0 radical (unpaired) electrons. The molecule has 2 unspecified atom stereocenters. The van der Waals surface area contributed by atoms with E-state index in [-0.39, 0.29) is 11.8 Å². The van der Waals surface area contributed by atoms with Crippen molar-refractivity contribution in [1.82, 2.24) is 0 Å². The molecule has 2 atom stereocenters. The van der Waals surface area contributed by atoms with E-state index in [0.29, 0.717) is 17.4 Å². The average Bonchev–Trinajstić information content (AvgIpc) is 2.64. The summed E-state index contributed by atoms with van der Waals surface area (Å²) in [6.07, 6.45) is 2.48. The number of hydrogen-bond donors (Lipinski definition) is 2. The van der Waals surface area contributed by atoms with Crippen molar-refractivity contribution in [2.24, 2.45) is 17.3 Å². The zero-order chi connectivity index (χ0) is 15.6. The molecule has 2 rings (SSSR count). The van der Waals surface area contributed by atoms with Gasteiger partial charge in [0.15, 0.2) is 0 Å². The van der Waals surface area contributed by atoms with Gasteiger partial charge >= 0.3 is 0 Å². The van der Waals surface area contributed by atoms with E-state index in [4.69, 9.17) is 0 Å². The van der Waals surface area contributed by atoms with Crippen LogP contribution in [0.2, 0.25) is 0 Å². The summed E-state index contributed by atoms with van der Waals surface area (Å²) in [5.74, 6) is 0.756. The lowest BCUT2D eigenvalue weighted by Gasteiger charge is -2.20.